The molecule has 2 heterocycles. The second-order valence-electron chi connectivity index (χ2n) is 5.53. The summed E-state index contributed by atoms with van der Waals surface area (Å²) in [5, 5.41) is 2.18. The summed E-state index contributed by atoms with van der Waals surface area (Å²) in [6, 6.07) is 9.39. The number of pyridine rings is 2. The fourth-order valence-electron chi connectivity index (χ4n) is 2.18. The van der Waals surface area contributed by atoms with E-state index in [1.165, 1.54) is 18.3 Å². The average molecular weight is 472 g/mol. The standard InChI is InChI=1S/C18H10Cl4N4O3/c19-12-13(20)15(26-16(22)14(12)21)18(28)25-9-4-5-11(24-7-9)29-10-3-1-2-8(6-10)17(23)27/h1-7H,(H2,23,27)(H,25,28). The second kappa shape index (κ2) is 8.84. The fourth-order valence-corrected chi connectivity index (χ4v) is 2.99. The molecule has 0 saturated heterocycles. The lowest BCUT2D eigenvalue weighted by Gasteiger charge is -2.10. The van der Waals surface area contributed by atoms with Crippen LogP contribution in [-0.2, 0) is 0 Å². The highest BCUT2D eigenvalue weighted by Gasteiger charge is 2.20. The van der Waals surface area contributed by atoms with Crippen molar-refractivity contribution in [1.82, 2.24) is 9.97 Å². The van der Waals surface area contributed by atoms with E-state index in [0.717, 1.165) is 0 Å². The normalized spacial score (nSPS) is 10.5. The Morgan fingerprint density at radius 1 is 1.00 bits per heavy atom. The fraction of sp³-hybridized carbons (Fsp3) is 0. The van der Waals surface area contributed by atoms with Gasteiger partial charge in [0.2, 0.25) is 11.8 Å². The Balaban J connectivity index is 1.73. The first-order chi connectivity index (χ1) is 13.8. The summed E-state index contributed by atoms with van der Waals surface area (Å²) in [7, 11) is 0. The Kier molecular flexibility index (Phi) is 6.44. The molecule has 0 atom stereocenters. The number of carbonyl (C=O) groups excluding carboxylic acids is 2. The molecule has 0 aliphatic rings. The van der Waals surface area contributed by atoms with Crippen molar-refractivity contribution in [1.29, 1.82) is 0 Å². The van der Waals surface area contributed by atoms with Crippen molar-refractivity contribution in [2.24, 2.45) is 5.73 Å². The number of carbonyl (C=O) groups is 2. The highest BCUT2D eigenvalue weighted by atomic mass is 35.5. The smallest absolute Gasteiger partial charge is 0.275 e. The van der Waals surface area contributed by atoms with Gasteiger partial charge in [-0.3, -0.25) is 9.59 Å². The van der Waals surface area contributed by atoms with Gasteiger partial charge in [-0.15, -0.1) is 0 Å². The topological polar surface area (TPSA) is 107 Å². The largest absolute Gasteiger partial charge is 0.439 e. The molecular weight excluding hydrogens is 462 g/mol. The van der Waals surface area contributed by atoms with Crippen LogP contribution in [0.1, 0.15) is 20.8 Å². The second-order valence-corrected chi connectivity index (χ2v) is 7.02. The van der Waals surface area contributed by atoms with E-state index in [4.69, 9.17) is 56.9 Å². The van der Waals surface area contributed by atoms with Gasteiger partial charge in [-0.25, -0.2) is 9.97 Å². The van der Waals surface area contributed by atoms with Crippen LogP contribution in [0.5, 0.6) is 11.6 Å². The summed E-state index contributed by atoms with van der Waals surface area (Å²) in [4.78, 5) is 31.6. The van der Waals surface area contributed by atoms with Gasteiger partial charge in [-0.05, 0) is 24.3 Å². The number of nitrogens with zero attached hydrogens (tertiary/aromatic N) is 2. The Hall–Kier alpha value is -2.58. The van der Waals surface area contributed by atoms with Gasteiger partial charge in [-0.2, -0.15) is 0 Å². The van der Waals surface area contributed by atoms with Crippen LogP contribution in [0.15, 0.2) is 42.6 Å². The summed E-state index contributed by atoms with van der Waals surface area (Å²) in [5.74, 6) is -0.610. The molecular formula is C18H10Cl4N4O3. The van der Waals surface area contributed by atoms with Crippen LogP contribution >= 0.6 is 46.4 Å². The molecule has 0 saturated carbocycles. The zero-order valence-corrected chi connectivity index (χ0v) is 17.3. The lowest BCUT2D eigenvalue weighted by atomic mass is 10.2. The van der Waals surface area contributed by atoms with E-state index < -0.39 is 11.8 Å². The van der Waals surface area contributed by atoms with Crippen molar-refractivity contribution in [2.75, 3.05) is 5.32 Å². The lowest BCUT2D eigenvalue weighted by molar-refractivity contribution is 0.0997. The monoisotopic (exact) mass is 470 g/mol. The first kappa shape index (κ1) is 21.1. The Morgan fingerprint density at radius 2 is 1.76 bits per heavy atom. The van der Waals surface area contributed by atoms with Crippen LogP contribution in [0.4, 0.5) is 5.69 Å². The van der Waals surface area contributed by atoms with Crippen molar-refractivity contribution < 1.29 is 14.3 Å². The Morgan fingerprint density at radius 3 is 2.41 bits per heavy atom. The average Bonchev–Trinajstić information content (AvgIpc) is 2.70. The van der Waals surface area contributed by atoms with Gasteiger partial charge in [0, 0.05) is 11.6 Å². The van der Waals surface area contributed by atoms with Gasteiger partial charge in [0.15, 0.2) is 0 Å². The van der Waals surface area contributed by atoms with Gasteiger partial charge in [0.1, 0.15) is 16.6 Å². The molecule has 3 rings (SSSR count). The van der Waals surface area contributed by atoms with Gasteiger partial charge in [0.05, 0.1) is 27.0 Å². The minimum atomic E-state index is -0.653. The van der Waals surface area contributed by atoms with Crippen molar-refractivity contribution in [3.63, 3.8) is 0 Å². The van der Waals surface area contributed by atoms with Crippen LogP contribution < -0.4 is 15.8 Å². The Bertz CT molecular complexity index is 1110. The quantitative estimate of drug-likeness (QED) is 0.495. The van der Waals surface area contributed by atoms with Crippen molar-refractivity contribution in [2.45, 2.75) is 0 Å². The molecule has 7 nitrogen and oxygen atoms in total. The molecule has 3 N–H and O–H groups in total. The van der Waals surface area contributed by atoms with Crippen LogP contribution in [0.2, 0.25) is 20.2 Å². The van der Waals surface area contributed by atoms with Crippen LogP contribution in [-0.4, -0.2) is 21.8 Å². The molecule has 1 aromatic carbocycles. The SMILES string of the molecule is NC(=O)c1cccc(Oc2ccc(NC(=O)c3nc(Cl)c(Cl)c(Cl)c3Cl)cn2)c1. The first-order valence-corrected chi connectivity index (χ1v) is 9.32. The minimum Gasteiger partial charge on any atom is -0.439 e. The molecule has 0 unspecified atom stereocenters. The van der Waals surface area contributed by atoms with E-state index in [2.05, 4.69) is 15.3 Å². The molecule has 29 heavy (non-hydrogen) atoms. The van der Waals surface area contributed by atoms with Gasteiger partial charge in [-0.1, -0.05) is 52.5 Å². The first-order valence-electron chi connectivity index (χ1n) is 7.81. The van der Waals surface area contributed by atoms with Crippen LogP contribution in [0, 0.1) is 0 Å². The Labute approximate surface area is 184 Å². The number of ether oxygens (including phenoxy) is 1. The van der Waals surface area contributed by atoms with E-state index >= 15 is 0 Å². The third kappa shape index (κ3) is 4.89. The third-order valence-electron chi connectivity index (χ3n) is 3.53. The predicted octanol–water partition coefficient (Wildman–Crippen LogP) is 5.23. The molecule has 148 valence electrons. The highest BCUT2D eigenvalue weighted by molar-refractivity contribution is 6.52. The number of nitrogens with one attached hydrogen (secondary N) is 1. The summed E-state index contributed by atoms with van der Waals surface area (Å²) in [6.45, 7) is 0. The molecule has 3 aromatic rings. The number of primary amides is 1. The van der Waals surface area contributed by atoms with Gasteiger partial charge in [0.25, 0.3) is 5.91 Å². The number of aromatic nitrogens is 2. The van der Waals surface area contributed by atoms with Crippen LogP contribution in [0.25, 0.3) is 0 Å². The zero-order chi connectivity index (χ0) is 21.1. The number of rotatable bonds is 5. The minimum absolute atomic E-state index is 0.0431. The highest BCUT2D eigenvalue weighted by Crippen LogP contribution is 2.36. The number of hydrogen-bond acceptors (Lipinski definition) is 5. The van der Waals surface area contributed by atoms with Crippen molar-refractivity contribution >= 4 is 63.9 Å². The van der Waals surface area contributed by atoms with E-state index in [0.29, 0.717) is 17.0 Å². The maximum Gasteiger partial charge on any atom is 0.275 e. The molecule has 2 aromatic heterocycles. The molecule has 0 aliphatic heterocycles. The molecule has 0 spiro atoms. The predicted molar refractivity (Wildman–Crippen MR) is 112 cm³/mol. The summed E-state index contributed by atoms with van der Waals surface area (Å²) in [5.41, 5.74) is 5.70. The molecule has 0 bridgehead atoms. The van der Waals surface area contributed by atoms with Crippen molar-refractivity contribution in [3.8, 4) is 11.6 Å². The maximum atomic E-state index is 12.4. The van der Waals surface area contributed by atoms with Crippen LogP contribution in [0.3, 0.4) is 0 Å². The number of amides is 2. The van der Waals surface area contributed by atoms with Crippen molar-refractivity contribution in [3.05, 3.63) is 74.1 Å². The van der Waals surface area contributed by atoms with E-state index in [1.54, 1.807) is 24.3 Å². The number of halogens is 4. The number of nitrogens with two attached hydrogens (primary N) is 1. The summed E-state index contributed by atoms with van der Waals surface area (Å²) in [6.07, 6.45) is 1.36. The molecule has 0 radical (unpaired) electrons. The lowest BCUT2D eigenvalue weighted by Crippen LogP contribution is -2.15. The zero-order valence-electron chi connectivity index (χ0n) is 14.2. The van der Waals surface area contributed by atoms with E-state index in [9.17, 15) is 9.59 Å². The van der Waals surface area contributed by atoms with Gasteiger partial charge >= 0.3 is 0 Å². The number of anilines is 1. The molecule has 0 aliphatic carbocycles. The van der Waals surface area contributed by atoms with E-state index in [1.807, 2.05) is 0 Å². The summed E-state index contributed by atoms with van der Waals surface area (Å²) >= 11 is 23.6. The third-order valence-corrected chi connectivity index (χ3v) is 5.21. The number of benzene rings is 1. The molecule has 0 fully saturated rings. The molecule has 11 heteroatoms. The summed E-state index contributed by atoms with van der Waals surface area (Å²) < 4.78 is 5.56. The van der Waals surface area contributed by atoms with Gasteiger partial charge < -0.3 is 15.8 Å². The maximum absolute atomic E-state index is 12.4. The molecule has 2 amide bonds. The van der Waals surface area contributed by atoms with E-state index in [-0.39, 0.29) is 31.8 Å². The number of hydrogen-bond donors (Lipinski definition) is 2.